The van der Waals surface area contributed by atoms with Gasteiger partial charge in [-0.15, -0.1) is 5.10 Å². The Morgan fingerprint density at radius 2 is 1.75 bits per heavy atom. The second-order valence-electron chi connectivity index (χ2n) is 8.84. The molecule has 0 atom stereocenters. The lowest BCUT2D eigenvalue weighted by Crippen LogP contribution is -2.32. The van der Waals surface area contributed by atoms with Gasteiger partial charge < -0.3 is 10.0 Å². The molecule has 0 radical (unpaired) electrons. The van der Waals surface area contributed by atoms with Gasteiger partial charge in [-0.25, -0.2) is 9.48 Å². The molecule has 1 fully saturated rings. The average molecular weight is 505 g/mol. The van der Waals surface area contributed by atoms with E-state index in [-0.39, 0.29) is 5.91 Å². The number of aliphatic carboxylic acids is 1. The van der Waals surface area contributed by atoms with Crippen LogP contribution in [0.1, 0.15) is 47.4 Å². The zero-order chi connectivity index (χ0) is 25.7. The van der Waals surface area contributed by atoms with Crippen molar-refractivity contribution in [3.63, 3.8) is 0 Å². The van der Waals surface area contributed by atoms with Crippen LogP contribution in [0.3, 0.4) is 0 Å². The van der Waals surface area contributed by atoms with E-state index in [2.05, 4.69) is 20.2 Å². The molecule has 1 N–H and O–H groups in total. The number of fused-ring (bicyclic) bond motifs is 2. The Labute approximate surface area is 205 Å². The number of piperidine rings is 1. The van der Waals surface area contributed by atoms with Crippen molar-refractivity contribution in [2.24, 2.45) is 0 Å². The van der Waals surface area contributed by atoms with Gasteiger partial charge in [-0.1, -0.05) is 17.7 Å². The van der Waals surface area contributed by atoms with E-state index in [1.165, 1.54) is 19.3 Å². The highest BCUT2D eigenvalue weighted by Gasteiger charge is 2.38. The van der Waals surface area contributed by atoms with E-state index in [9.17, 15) is 18.0 Å². The average Bonchev–Trinajstić information content (AvgIpc) is 3.10. The van der Waals surface area contributed by atoms with Crippen molar-refractivity contribution in [2.75, 3.05) is 19.6 Å². The molecular formula is C24H27F3N6O3. The number of amides is 1. The molecule has 0 bridgehead atoms. The predicted molar refractivity (Wildman–Crippen MR) is 124 cm³/mol. The molecule has 9 nitrogen and oxygen atoms in total. The molecule has 4 heterocycles. The SMILES string of the molecule is O=C(O)C(F)(F)F.O=C(c1ccc2ncccc2c1)N1CCCn2nnc(CN3CCCCC3)c2C1. The zero-order valence-corrected chi connectivity index (χ0v) is 19.6. The lowest BCUT2D eigenvalue weighted by molar-refractivity contribution is -0.192. The number of aryl methyl sites for hydroxylation is 1. The second kappa shape index (κ2) is 11.0. The normalized spacial score (nSPS) is 16.6. The molecule has 192 valence electrons. The third-order valence-corrected chi connectivity index (χ3v) is 6.26. The summed E-state index contributed by atoms with van der Waals surface area (Å²) in [5, 5.41) is 17.0. The van der Waals surface area contributed by atoms with Gasteiger partial charge in [0.25, 0.3) is 5.91 Å². The fourth-order valence-corrected chi connectivity index (χ4v) is 4.41. The first-order valence-corrected chi connectivity index (χ1v) is 11.8. The lowest BCUT2D eigenvalue weighted by atomic mass is 10.1. The van der Waals surface area contributed by atoms with E-state index < -0.39 is 12.1 Å². The Balaban J connectivity index is 0.000000384. The second-order valence-corrected chi connectivity index (χ2v) is 8.84. The molecule has 12 heteroatoms. The van der Waals surface area contributed by atoms with Crippen LogP contribution < -0.4 is 0 Å². The van der Waals surface area contributed by atoms with E-state index in [0.29, 0.717) is 12.1 Å². The fraction of sp³-hybridized carbons (Fsp3) is 0.458. The number of carboxylic acid groups (broad SMARTS) is 1. The molecule has 0 saturated carbocycles. The van der Waals surface area contributed by atoms with Crippen molar-refractivity contribution in [2.45, 2.75) is 51.5 Å². The monoisotopic (exact) mass is 504 g/mol. The van der Waals surface area contributed by atoms with Gasteiger partial charge in [0.05, 0.1) is 17.8 Å². The number of rotatable bonds is 3. The van der Waals surface area contributed by atoms with Gasteiger partial charge in [0.1, 0.15) is 5.69 Å². The van der Waals surface area contributed by atoms with Crippen LogP contribution in [0.4, 0.5) is 13.2 Å². The van der Waals surface area contributed by atoms with E-state index >= 15 is 0 Å². The van der Waals surface area contributed by atoms with Gasteiger partial charge in [-0.2, -0.15) is 13.2 Å². The number of likely N-dealkylation sites (tertiary alicyclic amines) is 1. The number of carboxylic acids is 1. The Morgan fingerprint density at radius 3 is 2.47 bits per heavy atom. The lowest BCUT2D eigenvalue weighted by Gasteiger charge is -2.26. The molecule has 1 aromatic carbocycles. The number of aromatic nitrogens is 4. The number of halogens is 3. The van der Waals surface area contributed by atoms with Crippen LogP contribution in [0.25, 0.3) is 10.9 Å². The number of hydrogen-bond acceptors (Lipinski definition) is 6. The van der Waals surface area contributed by atoms with Gasteiger partial charge in [0.2, 0.25) is 0 Å². The molecule has 2 aliphatic rings. The maximum absolute atomic E-state index is 13.3. The van der Waals surface area contributed by atoms with E-state index in [1.807, 2.05) is 39.9 Å². The highest BCUT2D eigenvalue weighted by atomic mass is 19.4. The van der Waals surface area contributed by atoms with Crippen LogP contribution in [-0.2, 0) is 24.4 Å². The molecule has 3 aromatic rings. The molecule has 36 heavy (non-hydrogen) atoms. The number of pyridine rings is 1. The quantitative estimate of drug-likeness (QED) is 0.582. The summed E-state index contributed by atoms with van der Waals surface area (Å²) in [7, 11) is 0. The van der Waals surface area contributed by atoms with E-state index in [0.717, 1.165) is 61.4 Å². The van der Waals surface area contributed by atoms with Gasteiger partial charge in [0, 0.05) is 36.8 Å². The molecule has 1 amide bonds. The first-order chi connectivity index (χ1) is 17.2. The molecule has 0 aliphatic carbocycles. The van der Waals surface area contributed by atoms with Crippen molar-refractivity contribution in [3.05, 3.63) is 53.5 Å². The minimum Gasteiger partial charge on any atom is -0.475 e. The van der Waals surface area contributed by atoms with Gasteiger partial charge >= 0.3 is 12.1 Å². The smallest absolute Gasteiger partial charge is 0.475 e. The van der Waals surface area contributed by atoms with Crippen LogP contribution in [0.2, 0.25) is 0 Å². The molecule has 1 saturated heterocycles. The molecule has 2 aliphatic heterocycles. The molecule has 0 unspecified atom stereocenters. The summed E-state index contributed by atoms with van der Waals surface area (Å²) in [5.74, 6) is -2.69. The van der Waals surface area contributed by atoms with Crippen molar-refractivity contribution >= 4 is 22.8 Å². The molecule has 0 spiro atoms. The summed E-state index contributed by atoms with van der Waals surface area (Å²) in [6, 6.07) is 9.65. The maximum Gasteiger partial charge on any atom is 0.490 e. The summed E-state index contributed by atoms with van der Waals surface area (Å²) in [6.07, 6.45) is 1.41. The number of alkyl halides is 3. The number of nitrogens with zero attached hydrogens (tertiary/aromatic N) is 6. The first kappa shape index (κ1) is 25.5. The third kappa shape index (κ3) is 6.17. The summed E-state index contributed by atoms with van der Waals surface area (Å²) in [5.41, 5.74) is 3.73. The maximum atomic E-state index is 13.3. The van der Waals surface area contributed by atoms with Gasteiger partial charge in [-0.3, -0.25) is 14.7 Å². The number of benzene rings is 1. The molecule has 2 aromatic heterocycles. The largest absolute Gasteiger partial charge is 0.490 e. The Morgan fingerprint density at radius 1 is 1.00 bits per heavy atom. The number of carbonyl (C=O) groups is 2. The van der Waals surface area contributed by atoms with Crippen molar-refractivity contribution in [1.29, 1.82) is 0 Å². The van der Waals surface area contributed by atoms with Crippen LogP contribution >= 0.6 is 0 Å². The molecular weight excluding hydrogens is 477 g/mol. The minimum atomic E-state index is -5.08. The Kier molecular flexibility index (Phi) is 7.82. The van der Waals surface area contributed by atoms with Crippen LogP contribution in [0.15, 0.2) is 36.5 Å². The van der Waals surface area contributed by atoms with Gasteiger partial charge in [0.15, 0.2) is 0 Å². The standard InChI is InChI=1S/C22H26N6O.C2HF3O2/c29-22(18-7-8-19-17(14-18)6-4-9-23-19)27-12-5-13-28-21(16-27)20(24-25-28)15-26-10-2-1-3-11-26;3-2(4,5)1(6)7/h4,6-9,14H,1-3,5,10-13,15-16H2;(H,6,7). The number of hydrogen-bond donors (Lipinski definition) is 1. The highest BCUT2D eigenvalue weighted by Crippen LogP contribution is 2.21. The first-order valence-electron chi connectivity index (χ1n) is 11.8. The fourth-order valence-electron chi connectivity index (χ4n) is 4.41. The summed E-state index contributed by atoms with van der Waals surface area (Å²) in [4.78, 5) is 30.9. The van der Waals surface area contributed by atoms with Crippen LogP contribution in [-0.4, -0.2) is 72.6 Å². The number of carbonyl (C=O) groups excluding carboxylic acids is 1. The predicted octanol–water partition coefficient (Wildman–Crippen LogP) is 3.49. The minimum absolute atomic E-state index is 0.0642. The van der Waals surface area contributed by atoms with E-state index in [4.69, 9.17) is 9.90 Å². The van der Waals surface area contributed by atoms with Crippen LogP contribution in [0, 0.1) is 0 Å². The topological polar surface area (TPSA) is 104 Å². The Hall–Kier alpha value is -3.54. The summed E-state index contributed by atoms with van der Waals surface area (Å²) >= 11 is 0. The summed E-state index contributed by atoms with van der Waals surface area (Å²) < 4.78 is 33.7. The van der Waals surface area contributed by atoms with Crippen molar-refractivity contribution < 1.29 is 27.9 Å². The highest BCUT2D eigenvalue weighted by molar-refractivity contribution is 5.97. The van der Waals surface area contributed by atoms with Gasteiger partial charge in [-0.05, 0) is 56.6 Å². The Bertz CT molecular complexity index is 1220. The van der Waals surface area contributed by atoms with Crippen molar-refractivity contribution in [1.82, 2.24) is 29.8 Å². The molecule has 5 rings (SSSR count). The third-order valence-electron chi connectivity index (χ3n) is 6.26. The van der Waals surface area contributed by atoms with Crippen molar-refractivity contribution in [3.8, 4) is 0 Å². The van der Waals surface area contributed by atoms with E-state index in [1.54, 1.807) is 6.20 Å². The van der Waals surface area contributed by atoms with Crippen LogP contribution in [0.5, 0.6) is 0 Å². The summed E-state index contributed by atoms with van der Waals surface area (Å²) in [6.45, 7) is 5.20. The zero-order valence-electron chi connectivity index (χ0n) is 19.6.